The summed E-state index contributed by atoms with van der Waals surface area (Å²) in [6, 6.07) is 0.269. The molecule has 1 heterocycles. The van der Waals surface area contributed by atoms with Gasteiger partial charge in [-0.25, -0.2) is 0 Å². The van der Waals surface area contributed by atoms with Gasteiger partial charge in [-0.3, -0.25) is 4.79 Å². The second-order valence-electron chi connectivity index (χ2n) is 3.15. The molecule has 0 atom stereocenters. The van der Waals surface area contributed by atoms with Crippen LogP contribution in [0.4, 0.5) is 0 Å². The summed E-state index contributed by atoms with van der Waals surface area (Å²) in [7, 11) is 0. The molecular formula is C9H13N3O5. The fourth-order valence-corrected chi connectivity index (χ4v) is 1.25. The Kier molecular flexibility index (Phi) is 4.61. The maximum atomic E-state index is 11.8. The number of hydrogen-bond donors (Lipinski definition) is 4. The molecule has 0 radical (unpaired) electrons. The Morgan fingerprint density at radius 1 is 1.18 bits per heavy atom. The minimum atomic E-state index is -0.721. The van der Waals surface area contributed by atoms with Crippen LogP contribution in [0.15, 0.2) is 6.07 Å². The molecule has 0 spiro atoms. The third-order valence-electron chi connectivity index (χ3n) is 1.95. The van der Waals surface area contributed by atoms with E-state index in [2.05, 4.69) is 9.97 Å². The first-order valence-corrected chi connectivity index (χ1v) is 4.86. The normalized spacial score (nSPS) is 10.2. The average Bonchev–Trinajstić information content (AvgIpc) is 2.26. The number of amides is 1. The molecule has 4 N–H and O–H groups in total. The lowest BCUT2D eigenvalue weighted by molar-refractivity contribution is 0.0677. The monoisotopic (exact) mass is 243 g/mol. The van der Waals surface area contributed by atoms with Crippen molar-refractivity contribution in [3.8, 4) is 11.9 Å². The molecule has 0 aliphatic carbocycles. The molecule has 0 aliphatic heterocycles. The van der Waals surface area contributed by atoms with Crippen LogP contribution in [0.5, 0.6) is 11.9 Å². The smallest absolute Gasteiger partial charge is 0.317 e. The van der Waals surface area contributed by atoms with E-state index in [0.717, 1.165) is 11.0 Å². The molecule has 17 heavy (non-hydrogen) atoms. The van der Waals surface area contributed by atoms with Crippen LogP contribution >= 0.6 is 0 Å². The highest BCUT2D eigenvalue weighted by Gasteiger charge is 2.18. The first-order chi connectivity index (χ1) is 8.08. The van der Waals surface area contributed by atoms with Crippen molar-refractivity contribution in [2.45, 2.75) is 0 Å². The third-order valence-corrected chi connectivity index (χ3v) is 1.95. The predicted molar refractivity (Wildman–Crippen MR) is 55.4 cm³/mol. The van der Waals surface area contributed by atoms with E-state index in [-0.39, 0.29) is 32.0 Å². The van der Waals surface area contributed by atoms with E-state index in [9.17, 15) is 4.79 Å². The molecule has 94 valence electrons. The lowest BCUT2D eigenvalue weighted by Gasteiger charge is -2.19. The highest BCUT2D eigenvalue weighted by molar-refractivity contribution is 5.92. The standard InChI is InChI=1S/C9H13N3O5/c13-3-1-12(2-4-14)8(16)6-5-7(15)11-9(17)10-6/h5,13-14H,1-4H2,(H2,10,11,15,17). The molecule has 0 saturated heterocycles. The second kappa shape index (κ2) is 5.97. The van der Waals surface area contributed by atoms with Crippen LogP contribution in [0.2, 0.25) is 0 Å². The summed E-state index contributed by atoms with van der Waals surface area (Å²) < 4.78 is 0. The zero-order valence-electron chi connectivity index (χ0n) is 8.94. The number of aromatic nitrogens is 2. The van der Waals surface area contributed by atoms with Gasteiger partial charge in [0, 0.05) is 19.2 Å². The molecular weight excluding hydrogens is 230 g/mol. The summed E-state index contributed by atoms with van der Waals surface area (Å²) >= 11 is 0. The largest absolute Gasteiger partial charge is 0.493 e. The molecule has 0 aliphatic rings. The van der Waals surface area contributed by atoms with Crippen LogP contribution in [0.3, 0.4) is 0 Å². The molecule has 0 saturated carbocycles. The Morgan fingerprint density at radius 3 is 2.24 bits per heavy atom. The van der Waals surface area contributed by atoms with Gasteiger partial charge >= 0.3 is 6.01 Å². The molecule has 1 aromatic heterocycles. The average molecular weight is 243 g/mol. The summed E-state index contributed by atoms with van der Waals surface area (Å²) in [4.78, 5) is 19.6. The second-order valence-corrected chi connectivity index (χ2v) is 3.15. The maximum Gasteiger partial charge on any atom is 0.317 e. The number of carbonyl (C=O) groups excluding carboxylic acids is 1. The van der Waals surface area contributed by atoms with Crippen molar-refractivity contribution in [2.24, 2.45) is 0 Å². The van der Waals surface area contributed by atoms with Gasteiger partial charge in [-0.15, -0.1) is 0 Å². The summed E-state index contributed by atoms with van der Waals surface area (Å²) in [6.45, 7) is -0.501. The van der Waals surface area contributed by atoms with E-state index in [0.29, 0.717) is 0 Å². The summed E-state index contributed by atoms with van der Waals surface area (Å²) in [5.41, 5.74) is -0.211. The molecule has 8 heteroatoms. The van der Waals surface area contributed by atoms with E-state index in [4.69, 9.17) is 20.4 Å². The number of hydrogen-bond acceptors (Lipinski definition) is 7. The van der Waals surface area contributed by atoms with Crippen LogP contribution in [-0.4, -0.2) is 67.5 Å². The first-order valence-electron chi connectivity index (χ1n) is 4.86. The van der Waals surface area contributed by atoms with Crippen molar-refractivity contribution in [1.82, 2.24) is 14.9 Å². The van der Waals surface area contributed by atoms with Gasteiger partial charge in [-0.1, -0.05) is 0 Å². The Labute approximate surface area is 96.8 Å². The van der Waals surface area contributed by atoms with E-state index < -0.39 is 17.8 Å². The zero-order chi connectivity index (χ0) is 12.8. The predicted octanol–water partition coefficient (Wildman–Crippen LogP) is -1.69. The Bertz CT molecular complexity index is 372. The molecule has 1 amide bonds. The number of aliphatic hydroxyl groups is 2. The molecule has 1 aromatic rings. The fraction of sp³-hybridized carbons (Fsp3) is 0.444. The van der Waals surface area contributed by atoms with Crippen LogP contribution in [0.1, 0.15) is 10.5 Å². The van der Waals surface area contributed by atoms with Crippen molar-refractivity contribution in [3.63, 3.8) is 0 Å². The van der Waals surface area contributed by atoms with Crippen molar-refractivity contribution in [3.05, 3.63) is 11.8 Å². The summed E-state index contributed by atoms with van der Waals surface area (Å²) in [5.74, 6) is -1.16. The number of aliphatic hydroxyl groups excluding tert-OH is 2. The molecule has 0 unspecified atom stereocenters. The van der Waals surface area contributed by atoms with Gasteiger partial charge in [0.25, 0.3) is 5.91 Å². The number of nitrogens with zero attached hydrogens (tertiary/aromatic N) is 3. The molecule has 8 nitrogen and oxygen atoms in total. The van der Waals surface area contributed by atoms with E-state index >= 15 is 0 Å². The van der Waals surface area contributed by atoms with Gasteiger partial charge < -0.3 is 25.3 Å². The van der Waals surface area contributed by atoms with Gasteiger partial charge in [-0.05, 0) is 0 Å². The van der Waals surface area contributed by atoms with Crippen LogP contribution in [-0.2, 0) is 0 Å². The Morgan fingerprint density at radius 2 is 1.76 bits per heavy atom. The zero-order valence-corrected chi connectivity index (χ0v) is 8.94. The number of carbonyl (C=O) groups is 1. The van der Waals surface area contributed by atoms with Crippen LogP contribution in [0, 0.1) is 0 Å². The van der Waals surface area contributed by atoms with Crippen molar-refractivity contribution in [1.29, 1.82) is 0 Å². The van der Waals surface area contributed by atoms with E-state index in [1.807, 2.05) is 0 Å². The van der Waals surface area contributed by atoms with Gasteiger partial charge in [0.15, 0.2) is 0 Å². The molecule has 1 rings (SSSR count). The van der Waals surface area contributed by atoms with Gasteiger partial charge in [0.1, 0.15) is 5.69 Å². The highest BCUT2D eigenvalue weighted by atomic mass is 16.3. The lowest BCUT2D eigenvalue weighted by Crippen LogP contribution is -2.36. The minimum Gasteiger partial charge on any atom is -0.493 e. The van der Waals surface area contributed by atoms with Crippen LogP contribution in [0.25, 0.3) is 0 Å². The summed E-state index contributed by atoms with van der Waals surface area (Å²) in [6.07, 6.45) is 0. The van der Waals surface area contributed by atoms with Crippen molar-refractivity contribution < 1.29 is 25.2 Å². The third kappa shape index (κ3) is 3.54. The molecule has 0 aromatic carbocycles. The van der Waals surface area contributed by atoms with Crippen LogP contribution < -0.4 is 0 Å². The maximum absolute atomic E-state index is 11.8. The minimum absolute atomic E-state index is 0.0188. The quantitative estimate of drug-likeness (QED) is 0.486. The highest BCUT2D eigenvalue weighted by Crippen LogP contribution is 2.12. The van der Waals surface area contributed by atoms with Crippen molar-refractivity contribution in [2.75, 3.05) is 26.3 Å². The van der Waals surface area contributed by atoms with E-state index in [1.165, 1.54) is 0 Å². The number of rotatable bonds is 5. The Hall–Kier alpha value is -1.93. The van der Waals surface area contributed by atoms with Crippen molar-refractivity contribution >= 4 is 5.91 Å². The number of aromatic hydroxyl groups is 2. The molecule has 0 fully saturated rings. The summed E-state index contributed by atoms with van der Waals surface area (Å²) in [5, 5.41) is 35.7. The molecule has 0 bridgehead atoms. The van der Waals surface area contributed by atoms with Gasteiger partial charge in [0.2, 0.25) is 5.88 Å². The Balaban J connectivity index is 2.92. The fourth-order valence-electron chi connectivity index (χ4n) is 1.25. The SMILES string of the molecule is O=C(c1cc(O)nc(O)n1)N(CCO)CCO. The lowest BCUT2D eigenvalue weighted by atomic mass is 10.3. The first kappa shape index (κ1) is 13.1. The van der Waals surface area contributed by atoms with Gasteiger partial charge in [-0.2, -0.15) is 9.97 Å². The van der Waals surface area contributed by atoms with E-state index in [1.54, 1.807) is 0 Å². The van der Waals surface area contributed by atoms with Gasteiger partial charge in [0.05, 0.1) is 13.2 Å². The topological polar surface area (TPSA) is 127 Å².